The number of alkyl carbamates (subject to hydrolysis) is 1. The van der Waals surface area contributed by atoms with Crippen molar-refractivity contribution in [2.45, 2.75) is 76.6 Å². The summed E-state index contributed by atoms with van der Waals surface area (Å²) in [5, 5.41) is 15.6. The minimum absolute atomic E-state index is 0.163. The van der Waals surface area contributed by atoms with Crippen LogP contribution in [0.2, 0.25) is 0 Å². The van der Waals surface area contributed by atoms with Crippen LogP contribution in [0, 0.1) is 0 Å². The van der Waals surface area contributed by atoms with E-state index in [9.17, 15) is 4.79 Å². The van der Waals surface area contributed by atoms with Gasteiger partial charge in [0.2, 0.25) is 0 Å². The molecule has 0 bridgehead atoms. The lowest BCUT2D eigenvalue weighted by Crippen LogP contribution is -2.47. The molecule has 1 saturated carbocycles. The summed E-state index contributed by atoms with van der Waals surface area (Å²) in [6.07, 6.45) is 4.26. The monoisotopic (exact) mass is 316 g/mol. The molecule has 0 aliphatic heterocycles. The molecule has 0 radical (unpaired) electrons. The molecular formula is C16H32N2O4. The first-order valence-electron chi connectivity index (χ1n) is 8.19. The molecule has 6 heteroatoms. The number of ether oxygens (including phenoxy) is 2. The number of carbonyl (C=O) groups is 1. The molecule has 1 aliphatic carbocycles. The van der Waals surface area contributed by atoms with E-state index in [0.717, 1.165) is 25.7 Å². The Morgan fingerprint density at radius 1 is 1.23 bits per heavy atom. The van der Waals surface area contributed by atoms with Crippen LogP contribution >= 0.6 is 0 Å². The van der Waals surface area contributed by atoms with Gasteiger partial charge in [0.05, 0.1) is 6.61 Å². The van der Waals surface area contributed by atoms with Crippen LogP contribution < -0.4 is 10.6 Å². The lowest BCUT2D eigenvalue weighted by Gasteiger charge is -2.32. The van der Waals surface area contributed by atoms with Crippen molar-refractivity contribution in [2.24, 2.45) is 0 Å². The molecule has 1 aliphatic rings. The zero-order chi connectivity index (χ0) is 16.6. The Hall–Kier alpha value is -0.850. The van der Waals surface area contributed by atoms with Crippen molar-refractivity contribution in [3.05, 3.63) is 0 Å². The molecule has 22 heavy (non-hydrogen) atoms. The third kappa shape index (κ3) is 7.96. The third-order valence-electron chi connectivity index (χ3n) is 3.76. The van der Waals surface area contributed by atoms with Gasteiger partial charge >= 0.3 is 6.09 Å². The maximum Gasteiger partial charge on any atom is 0.407 e. The van der Waals surface area contributed by atoms with Crippen molar-refractivity contribution in [1.29, 1.82) is 0 Å². The van der Waals surface area contributed by atoms with Gasteiger partial charge in [-0.3, -0.25) is 0 Å². The number of aliphatic hydroxyl groups is 1. The first kappa shape index (κ1) is 19.2. The zero-order valence-electron chi connectivity index (χ0n) is 14.4. The quantitative estimate of drug-likeness (QED) is 0.667. The Labute approximate surface area is 133 Å². The largest absolute Gasteiger partial charge is 0.444 e. The van der Waals surface area contributed by atoms with E-state index in [1.54, 1.807) is 7.11 Å². The van der Waals surface area contributed by atoms with Crippen molar-refractivity contribution < 1.29 is 19.4 Å². The first-order valence-corrected chi connectivity index (χ1v) is 8.19. The van der Waals surface area contributed by atoms with Crippen LogP contribution in [0.15, 0.2) is 0 Å². The van der Waals surface area contributed by atoms with E-state index < -0.39 is 5.60 Å². The topological polar surface area (TPSA) is 79.8 Å². The highest BCUT2D eigenvalue weighted by Gasteiger charge is 2.25. The van der Waals surface area contributed by atoms with Gasteiger partial charge < -0.3 is 25.2 Å². The number of amides is 1. The van der Waals surface area contributed by atoms with Gasteiger partial charge in [0.25, 0.3) is 0 Å². The molecule has 1 rings (SSSR count). The van der Waals surface area contributed by atoms with Crippen LogP contribution in [0.1, 0.15) is 52.9 Å². The number of rotatable bonds is 7. The summed E-state index contributed by atoms with van der Waals surface area (Å²) in [4.78, 5) is 11.8. The lowest BCUT2D eigenvalue weighted by molar-refractivity contribution is 0.0487. The predicted octanol–water partition coefficient (Wildman–Crippen LogP) is 1.81. The van der Waals surface area contributed by atoms with Gasteiger partial charge in [0, 0.05) is 31.8 Å². The van der Waals surface area contributed by atoms with Crippen LogP contribution in [-0.2, 0) is 9.47 Å². The van der Waals surface area contributed by atoms with E-state index >= 15 is 0 Å². The van der Waals surface area contributed by atoms with E-state index in [4.69, 9.17) is 14.6 Å². The van der Waals surface area contributed by atoms with Gasteiger partial charge in [-0.2, -0.15) is 0 Å². The summed E-state index contributed by atoms with van der Waals surface area (Å²) in [6.45, 7) is 6.37. The molecule has 0 aromatic heterocycles. The predicted molar refractivity (Wildman–Crippen MR) is 85.9 cm³/mol. The summed E-state index contributed by atoms with van der Waals surface area (Å²) < 4.78 is 10.5. The molecule has 1 unspecified atom stereocenters. The van der Waals surface area contributed by atoms with Crippen LogP contribution in [0.3, 0.4) is 0 Å². The van der Waals surface area contributed by atoms with Gasteiger partial charge in [0.1, 0.15) is 5.60 Å². The van der Waals surface area contributed by atoms with Crippen molar-refractivity contribution in [3.63, 3.8) is 0 Å². The van der Waals surface area contributed by atoms with Gasteiger partial charge in [0.15, 0.2) is 0 Å². The standard InChI is InChI=1S/C16H32N2O4/c1-16(2,3)22-15(20)18-13-7-5-12(6-8-13)17-14(9-10-19)11-21-4/h12-14,17,19H,5-11H2,1-4H3,(H,18,20). The Balaban J connectivity index is 2.29. The molecule has 1 amide bonds. The fourth-order valence-electron chi connectivity index (χ4n) is 2.78. The second-order valence-corrected chi connectivity index (χ2v) is 7.03. The van der Waals surface area contributed by atoms with Crippen LogP contribution in [-0.4, -0.2) is 55.2 Å². The highest BCUT2D eigenvalue weighted by molar-refractivity contribution is 5.68. The van der Waals surface area contributed by atoms with E-state index in [2.05, 4.69) is 10.6 Å². The first-order chi connectivity index (χ1) is 10.3. The van der Waals surface area contributed by atoms with Crippen molar-refractivity contribution in [1.82, 2.24) is 10.6 Å². The van der Waals surface area contributed by atoms with Gasteiger partial charge in [-0.25, -0.2) is 4.79 Å². The van der Waals surface area contributed by atoms with E-state index in [0.29, 0.717) is 19.1 Å². The fraction of sp³-hybridized carbons (Fsp3) is 0.938. The van der Waals surface area contributed by atoms with Crippen LogP contribution in [0.4, 0.5) is 4.79 Å². The number of carbonyl (C=O) groups excluding carboxylic acids is 1. The summed E-state index contributed by atoms with van der Waals surface area (Å²) >= 11 is 0. The maximum atomic E-state index is 11.8. The number of methoxy groups -OCH3 is 1. The average molecular weight is 316 g/mol. The SMILES string of the molecule is COCC(CCO)NC1CCC(NC(=O)OC(C)(C)C)CC1. The van der Waals surface area contributed by atoms with Crippen molar-refractivity contribution in [2.75, 3.05) is 20.3 Å². The van der Waals surface area contributed by atoms with Gasteiger partial charge in [-0.1, -0.05) is 0 Å². The summed E-state index contributed by atoms with van der Waals surface area (Å²) in [7, 11) is 1.67. The Bertz CT molecular complexity index is 317. The molecule has 0 aromatic rings. The maximum absolute atomic E-state index is 11.8. The Morgan fingerprint density at radius 2 is 1.82 bits per heavy atom. The number of hydrogen-bond donors (Lipinski definition) is 3. The van der Waals surface area contributed by atoms with Crippen molar-refractivity contribution in [3.8, 4) is 0 Å². The third-order valence-corrected chi connectivity index (χ3v) is 3.76. The number of hydrogen-bond acceptors (Lipinski definition) is 5. The highest BCUT2D eigenvalue weighted by Crippen LogP contribution is 2.20. The molecule has 6 nitrogen and oxygen atoms in total. The molecular weight excluding hydrogens is 284 g/mol. The van der Waals surface area contributed by atoms with E-state index in [1.165, 1.54) is 0 Å². The highest BCUT2D eigenvalue weighted by atomic mass is 16.6. The molecule has 0 saturated heterocycles. The Kier molecular flexibility index (Phi) is 8.14. The number of nitrogens with one attached hydrogen (secondary N) is 2. The molecule has 1 atom stereocenters. The summed E-state index contributed by atoms with van der Waals surface area (Å²) in [5.41, 5.74) is -0.458. The minimum Gasteiger partial charge on any atom is -0.444 e. The molecule has 3 N–H and O–H groups in total. The second-order valence-electron chi connectivity index (χ2n) is 7.03. The van der Waals surface area contributed by atoms with Crippen LogP contribution in [0.5, 0.6) is 0 Å². The van der Waals surface area contributed by atoms with Crippen LogP contribution in [0.25, 0.3) is 0 Å². The smallest absolute Gasteiger partial charge is 0.407 e. The molecule has 0 spiro atoms. The average Bonchev–Trinajstić information content (AvgIpc) is 2.39. The molecule has 1 fully saturated rings. The minimum atomic E-state index is -0.458. The molecule has 130 valence electrons. The zero-order valence-corrected chi connectivity index (χ0v) is 14.4. The van der Waals surface area contributed by atoms with Gasteiger partial charge in [-0.15, -0.1) is 0 Å². The van der Waals surface area contributed by atoms with Gasteiger partial charge in [-0.05, 0) is 52.9 Å². The second kappa shape index (κ2) is 9.33. The lowest BCUT2D eigenvalue weighted by atomic mass is 9.90. The van der Waals surface area contributed by atoms with E-state index in [1.807, 2.05) is 20.8 Å². The molecule has 0 heterocycles. The summed E-state index contributed by atoms with van der Waals surface area (Å²) in [6, 6.07) is 0.797. The van der Waals surface area contributed by atoms with Crippen molar-refractivity contribution >= 4 is 6.09 Å². The molecule has 0 aromatic carbocycles. The summed E-state index contributed by atoms with van der Waals surface area (Å²) in [5.74, 6) is 0. The Morgan fingerprint density at radius 3 is 2.32 bits per heavy atom. The van der Waals surface area contributed by atoms with E-state index in [-0.39, 0.29) is 24.8 Å². The fourth-order valence-corrected chi connectivity index (χ4v) is 2.78. The number of aliphatic hydroxyl groups excluding tert-OH is 1. The normalized spacial score (nSPS) is 23.9.